The van der Waals surface area contributed by atoms with E-state index in [1.807, 2.05) is 32.0 Å². The van der Waals surface area contributed by atoms with Crippen molar-refractivity contribution >= 4 is 23.4 Å². The molecule has 0 radical (unpaired) electrons. The highest BCUT2D eigenvalue weighted by Crippen LogP contribution is 2.29. The summed E-state index contributed by atoms with van der Waals surface area (Å²) in [6, 6.07) is 5.81. The molecule has 0 fully saturated rings. The van der Waals surface area contributed by atoms with Crippen molar-refractivity contribution in [1.29, 1.82) is 0 Å². The van der Waals surface area contributed by atoms with Crippen molar-refractivity contribution in [2.75, 3.05) is 12.8 Å². The molecule has 1 atom stereocenters. The number of rotatable bonds is 4. The lowest BCUT2D eigenvalue weighted by molar-refractivity contribution is -0.140. The van der Waals surface area contributed by atoms with E-state index >= 15 is 0 Å². The first-order valence-electron chi connectivity index (χ1n) is 5.12. The number of carbonyl (C=O) groups is 1. The summed E-state index contributed by atoms with van der Waals surface area (Å²) < 4.78 is 4.64. The zero-order chi connectivity index (χ0) is 12.1. The molecule has 0 aliphatic carbocycles. The van der Waals surface area contributed by atoms with Crippen molar-refractivity contribution < 1.29 is 9.53 Å². The van der Waals surface area contributed by atoms with Gasteiger partial charge in [-0.1, -0.05) is 13.0 Å². The normalized spacial score (nSPS) is 12.2. The lowest BCUT2D eigenvalue weighted by atomic mass is 10.2. The zero-order valence-electron chi connectivity index (χ0n) is 9.82. The van der Waals surface area contributed by atoms with Crippen molar-refractivity contribution in [3.05, 3.63) is 23.8 Å². The Morgan fingerprint density at radius 2 is 2.25 bits per heavy atom. The topological polar surface area (TPSA) is 52.3 Å². The van der Waals surface area contributed by atoms with Crippen molar-refractivity contribution in [2.24, 2.45) is 0 Å². The van der Waals surface area contributed by atoms with Crippen LogP contribution in [0.15, 0.2) is 23.1 Å². The van der Waals surface area contributed by atoms with Gasteiger partial charge in [0.05, 0.1) is 13.5 Å². The van der Waals surface area contributed by atoms with E-state index in [1.165, 1.54) is 12.7 Å². The summed E-state index contributed by atoms with van der Waals surface area (Å²) in [5.74, 6) is -0.179. The number of esters is 1. The molecule has 2 N–H and O–H groups in total. The van der Waals surface area contributed by atoms with Crippen LogP contribution in [0.25, 0.3) is 0 Å². The van der Waals surface area contributed by atoms with Gasteiger partial charge in [-0.3, -0.25) is 4.79 Å². The lowest BCUT2D eigenvalue weighted by Gasteiger charge is -2.12. The van der Waals surface area contributed by atoms with E-state index < -0.39 is 0 Å². The van der Waals surface area contributed by atoms with Crippen LogP contribution in [0.3, 0.4) is 0 Å². The molecule has 0 saturated carbocycles. The smallest absolute Gasteiger partial charge is 0.306 e. The van der Waals surface area contributed by atoms with Crippen molar-refractivity contribution in [3.8, 4) is 0 Å². The molecule has 0 spiro atoms. The van der Waals surface area contributed by atoms with E-state index in [9.17, 15) is 4.79 Å². The largest absolute Gasteiger partial charge is 0.469 e. The van der Waals surface area contributed by atoms with E-state index in [2.05, 4.69) is 4.74 Å². The third kappa shape index (κ3) is 3.77. The van der Waals surface area contributed by atoms with E-state index in [1.54, 1.807) is 11.8 Å². The maximum Gasteiger partial charge on any atom is 0.306 e. The fourth-order valence-electron chi connectivity index (χ4n) is 1.32. The second-order valence-electron chi connectivity index (χ2n) is 3.73. The number of thioether (sulfide) groups is 1. The van der Waals surface area contributed by atoms with E-state index in [0.29, 0.717) is 6.42 Å². The predicted octanol–water partition coefficient (Wildman–Crippen LogP) is 2.62. The summed E-state index contributed by atoms with van der Waals surface area (Å²) in [7, 11) is 1.41. The van der Waals surface area contributed by atoms with E-state index in [-0.39, 0.29) is 11.2 Å². The zero-order valence-corrected chi connectivity index (χ0v) is 10.6. The van der Waals surface area contributed by atoms with Crippen LogP contribution in [0.5, 0.6) is 0 Å². The van der Waals surface area contributed by atoms with Crippen LogP contribution in [-0.2, 0) is 9.53 Å². The van der Waals surface area contributed by atoms with Gasteiger partial charge in [-0.25, -0.2) is 0 Å². The van der Waals surface area contributed by atoms with Crippen molar-refractivity contribution in [2.45, 2.75) is 30.4 Å². The molecule has 0 bridgehead atoms. The minimum atomic E-state index is -0.179. The number of aryl methyl sites for hydroxylation is 1. The Labute approximate surface area is 100 Å². The summed E-state index contributed by atoms with van der Waals surface area (Å²) in [6.07, 6.45) is 0.412. The number of anilines is 1. The standard InChI is InChI=1S/C12H17NO2S/c1-8-4-5-10(13)7-11(8)16-9(2)6-12(14)15-3/h4-5,7,9H,6,13H2,1-3H3. The maximum absolute atomic E-state index is 11.1. The molecule has 4 heteroatoms. The summed E-state index contributed by atoms with van der Waals surface area (Å²) in [5, 5.41) is 0.188. The minimum absolute atomic E-state index is 0.179. The lowest BCUT2D eigenvalue weighted by Crippen LogP contribution is -2.08. The molecule has 1 aromatic carbocycles. The molecule has 16 heavy (non-hydrogen) atoms. The molecule has 0 amide bonds. The molecule has 1 aromatic rings. The monoisotopic (exact) mass is 239 g/mol. The van der Waals surface area contributed by atoms with Crippen LogP contribution in [0.4, 0.5) is 5.69 Å². The number of nitrogen functional groups attached to an aromatic ring is 1. The highest BCUT2D eigenvalue weighted by Gasteiger charge is 2.11. The molecule has 1 unspecified atom stereocenters. The third-order valence-corrected chi connectivity index (χ3v) is 3.48. The summed E-state index contributed by atoms with van der Waals surface area (Å²) in [4.78, 5) is 12.2. The van der Waals surface area contributed by atoms with Gasteiger partial charge in [-0.05, 0) is 24.6 Å². The molecule has 1 rings (SSSR count). The van der Waals surface area contributed by atoms with Gasteiger partial charge in [0.25, 0.3) is 0 Å². The van der Waals surface area contributed by atoms with Crippen LogP contribution in [-0.4, -0.2) is 18.3 Å². The van der Waals surface area contributed by atoms with Crippen LogP contribution in [0.2, 0.25) is 0 Å². The summed E-state index contributed by atoms with van der Waals surface area (Å²) >= 11 is 1.65. The predicted molar refractivity (Wildman–Crippen MR) is 67.5 cm³/mol. The number of nitrogens with two attached hydrogens (primary N) is 1. The van der Waals surface area contributed by atoms with Gasteiger partial charge in [0.1, 0.15) is 0 Å². The summed E-state index contributed by atoms with van der Waals surface area (Å²) in [5.41, 5.74) is 7.65. The quantitative estimate of drug-likeness (QED) is 0.498. The van der Waals surface area contributed by atoms with E-state index in [4.69, 9.17) is 5.73 Å². The number of benzene rings is 1. The van der Waals surface area contributed by atoms with Gasteiger partial charge in [0.2, 0.25) is 0 Å². The Morgan fingerprint density at radius 1 is 1.56 bits per heavy atom. The molecule has 3 nitrogen and oxygen atoms in total. The Balaban J connectivity index is 2.65. The second kappa shape index (κ2) is 5.80. The average Bonchev–Trinajstić information content (AvgIpc) is 2.23. The Hall–Kier alpha value is -1.16. The van der Waals surface area contributed by atoms with Gasteiger partial charge >= 0.3 is 5.97 Å². The van der Waals surface area contributed by atoms with E-state index in [0.717, 1.165) is 10.6 Å². The summed E-state index contributed by atoms with van der Waals surface area (Å²) in [6.45, 7) is 4.04. The average molecular weight is 239 g/mol. The minimum Gasteiger partial charge on any atom is -0.469 e. The molecular formula is C12H17NO2S. The molecular weight excluding hydrogens is 222 g/mol. The first-order valence-corrected chi connectivity index (χ1v) is 6.00. The molecule has 0 aromatic heterocycles. The van der Waals surface area contributed by atoms with Gasteiger partial charge in [-0.2, -0.15) is 0 Å². The fourth-order valence-corrected chi connectivity index (χ4v) is 2.43. The Kier molecular flexibility index (Phi) is 4.68. The third-order valence-electron chi connectivity index (χ3n) is 2.22. The van der Waals surface area contributed by atoms with Crippen LogP contribution in [0, 0.1) is 6.92 Å². The molecule has 0 saturated heterocycles. The van der Waals surface area contributed by atoms with Crippen LogP contribution < -0.4 is 5.73 Å². The van der Waals surface area contributed by atoms with Gasteiger partial charge in [0.15, 0.2) is 0 Å². The molecule has 88 valence electrons. The number of hydrogen-bond acceptors (Lipinski definition) is 4. The van der Waals surface area contributed by atoms with Crippen molar-refractivity contribution in [3.63, 3.8) is 0 Å². The number of ether oxygens (including phenoxy) is 1. The number of methoxy groups -OCH3 is 1. The first-order chi connectivity index (χ1) is 7.52. The fraction of sp³-hybridized carbons (Fsp3) is 0.417. The van der Waals surface area contributed by atoms with Crippen LogP contribution >= 0.6 is 11.8 Å². The van der Waals surface area contributed by atoms with Crippen LogP contribution in [0.1, 0.15) is 18.9 Å². The Bertz CT molecular complexity index is 379. The second-order valence-corrected chi connectivity index (χ2v) is 5.21. The number of carbonyl (C=O) groups excluding carboxylic acids is 1. The highest BCUT2D eigenvalue weighted by molar-refractivity contribution is 8.00. The Morgan fingerprint density at radius 3 is 2.88 bits per heavy atom. The van der Waals surface area contributed by atoms with Gasteiger partial charge in [-0.15, -0.1) is 11.8 Å². The SMILES string of the molecule is COC(=O)CC(C)Sc1cc(N)ccc1C. The molecule has 0 aliphatic heterocycles. The molecule has 0 heterocycles. The first kappa shape index (κ1) is 12.9. The maximum atomic E-state index is 11.1. The highest BCUT2D eigenvalue weighted by atomic mass is 32.2. The van der Waals surface area contributed by atoms with Gasteiger partial charge < -0.3 is 10.5 Å². The molecule has 0 aliphatic rings. The van der Waals surface area contributed by atoms with Crippen molar-refractivity contribution in [1.82, 2.24) is 0 Å². The van der Waals surface area contributed by atoms with Gasteiger partial charge in [0, 0.05) is 15.8 Å². The number of hydrogen-bond donors (Lipinski definition) is 1.